The maximum Gasteiger partial charge on any atom is 0.333 e. The molecular weight excluding hydrogens is 316 g/mol. The fraction of sp³-hybridized carbons (Fsp3) is 0.214. The molecule has 1 aromatic carbocycles. The van der Waals surface area contributed by atoms with Gasteiger partial charge in [0.15, 0.2) is 17.4 Å². The van der Waals surface area contributed by atoms with Crippen LogP contribution in [0.2, 0.25) is 0 Å². The van der Waals surface area contributed by atoms with Gasteiger partial charge in [-0.05, 0) is 18.2 Å². The maximum absolute atomic E-state index is 13.1. The molecule has 0 radical (unpaired) electrons. The van der Waals surface area contributed by atoms with Crippen molar-refractivity contribution in [1.29, 1.82) is 0 Å². The molecular formula is C14H11F2NO4S. The summed E-state index contributed by atoms with van der Waals surface area (Å²) in [6, 6.07) is 2.75. The van der Waals surface area contributed by atoms with Gasteiger partial charge < -0.3 is 4.74 Å². The Morgan fingerprint density at radius 1 is 1.36 bits per heavy atom. The molecule has 1 aromatic rings. The second kappa shape index (κ2) is 6.69. The molecule has 0 bridgehead atoms. The zero-order valence-corrected chi connectivity index (χ0v) is 12.3. The number of carbonyl (C=O) groups is 3. The quantitative estimate of drug-likeness (QED) is 0.479. The molecule has 0 aromatic heterocycles. The Balaban J connectivity index is 2.18. The first-order valence-electron chi connectivity index (χ1n) is 6.13. The number of benzene rings is 1. The van der Waals surface area contributed by atoms with Crippen LogP contribution in [0.15, 0.2) is 29.3 Å². The molecule has 0 spiro atoms. The van der Waals surface area contributed by atoms with Crippen LogP contribution in [0.4, 0.5) is 8.78 Å². The minimum Gasteiger partial charge on any atom is -0.466 e. The van der Waals surface area contributed by atoms with E-state index < -0.39 is 23.4 Å². The first kappa shape index (κ1) is 16.2. The molecule has 2 rings (SSSR count). The van der Waals surface area contributed by atoms with Gasteiger partial charge in [0.25, 0.3) is 0 Å². The van der Waals surface area contributed by atoms with Gasteiger partial charge >= 0.3 is 5.97 Å². The van der Waals surface area contributed by atoms with Gasteiger partial charge in [0.05, 0.1) is 30.5 Å². The standard InChI is InChI=1S/C14H11F2NO4S/c1-21-14(20)5-13-17(12(19)7-22-13)6-11(18)8-2-3-9(15)10(16)4-8/h2-5H,6-7H2,1H3. The van der Waals surface area contributed by atoms with Crippen LogP contribution in [0, 0.1) is 11.6 Å². The highest BCUT2D eigenvalue weighted by Crippen LogP contribution is 2.29. The molecule has 1 saturated heterocycles. The summed E-state index contributed by atoms with van der Waals surface area (Å²) in [5.74, 6) is -3.67. The van der Waals surface area contributed by atoms with E-state index in [1.165, 1.54) is 7.11 Å². The Morgan fingerprint density at radius 2 is 2.09 bits per heavy atom. The third-order valence-corrected chi connectivity index (χ3v) is 3.92. The van der Waals surface area contributed by atoms with Crippen LogP contribution in [-0.2, 0) is 14.3 Å². The summed E-state index contributed by atoms with van der Waals surface area (Å²) in [7, 11) is 1.19. The minimum atomic E-state index is -1.14. The molecule has 8 heteroatoms. The van der Waals surface area contributed by atoms with E-state index in [4.69, 9.17) is 0 Å². The molecule has 5 nitrogen and oxygen atoms in total. The number of hydrogen-bond acceptors (Lipinski definition) is 5. The van der Waals surface area contributed by atoms with Crippen LogP contribution in [0.25, 0.3) is 0 Å². The number of halogens is 2. The van der Waals surface area contributed by atoms with E-state index in [2.05, 4.69) is 4.74 Å². The number of methoxy groups -OCH3 is 1. The number of hydrogen-bond donors (Lipinski definition) is 0. The number of ketones is 1. The molecule has 1 heterocycles. The summed E-state index contributed by atoms with van der Waals surface area (Å²) in [6.45, 7) is -0.361. The van der Waals surface area contributed by atoms with Crippen molar-refractivity contribution in [2.75, 3.05) is 19.4 Å². The monoisotopic (exact) mass is 327 g/mol. The van der Waals surface area contributed by atoms with Crippen molar-refractivity contribution in [2.24, 2.45) is 0 Å². The van der Waals surface area contributed by atoms with E-state index in [1.54, 1.807) is 0 Å². The van der Waals surface area contributed by atoms with Crippen LogP contribution in [0.1, 0.15) is 10.4 Å². The van der Waals surface area contributed by atoms with Crippen LogP contribution in [0.3, 0.4) is 0 Å². The minimum absolute atomic E-state index is 0.0546. The number of amides is 1. The normalized spacial score (nSPS) is 16.2. The number of esters is 1. The fourth-order valence-corrected chi connectivity index (χ4v) is 2.69. The van der Waals surface area contributed by atoms with Crippen molar-refractivity contribution in [3.05, 3.63) is 46.5 Å². The lowest BCUT2D eigenvalue weighted by molar-refractivity contribution is -0.134. The summed E-state index contributed by atoms with van der Waals surface area (Å²) in [4.78, 5) is 36.2. The third kappa shape index (κ3) is 3.51. The lowest BCUT2D eigenvalue weighted by Crippen LogP contribution is -2.31. The van der Waals surface area contributed by atoms with E-state index in [0.29, 0.717) is 0 Å². The largest absolute Gasteiger partial charge is 0.466 e. The van der Waals surface area contributed by atoms with Gasteiger partial charge in [-0.2, -0.15) is 0 Å². The zero-order chi connectivity index (χ0) is 16.3. The molecule has 0 N–H and O–H groups in total. The Hall–Kier alpha value is -2.22. The first-order valence-corrected chi connectivity index (χ1v) is 7.12. The summed E-state index contributed by atoms with van der Waals surface area (Å²) in [5, 5.41) is 0.285. The van der Waals surface area contributed by atoms with Crippen molar-refractivity contribution >= 4 is 29.4 Å². The molecule has 0 atom stereocenters. The second-order valence-corrected chi connectivity index (χ2v) is 5.32. The maximum atomic E-state index is 13.1. The average molecular weight is 327 g/mol. The van der Waals surface area contributed by atoms with E-state index in [9.17, 15) is 23.2 Å². The van der Waals surface area contributed by atoms with E-state index in [0.717, 1.165) is 40.9 Å². The highest BCUT2D eigenvalue weighted by molar-refractivity contribution is 8.04. The van der Waals surface area contributed by atoms with Gasteiger partial charge in [0.2, 0.25) is 5.91 Å². The van der Waals surface area contributed by atoms with Gasteiger partial charge in [0, 0.05) is 5.56 Å². The molecule has 1 fully saturated rings. The smallest absolute Gasteiger partial charge is 0.333 e. The highest BCUT2D eigenvalue weighted by Gasteiger charge is 2.29. The average Bonchev–Trinajstić information content (AvgIpc) is 2.82. The summed E-state index contributed by atoms with van der Waals surface area (Å²) in [6.07, 6.45) is 1.11. The van der Waals surface area contributed by atoms with E-state index in [-0.39, 0.29) is 28.8 Å². The Bertz CT molecular complexity index is 675. The third-order valence-electron chi connectivity index (χ3n) is 2.90. The van der Waals surface area contributed by atoms with Gasteiger partial charge in [-0.1, -0.05) is 11.8 Å². The Morgan fingerprint density at radius 3 is 2.73 bits per heavy atom. The predicted octanol–water partition coefficient (Wildman–Crippen LogP) is 1.74. The van der Waals surface area contributed by atoms with Gasteiger partial charge in [-0.25, -0.2) is 13.6 Å². The fourth-order valence-electron chi connectivity index (χ4n) is 1.76. The van der Waals surface area contributed by atoms with Crippen molar-refractivity contribution in [2.45, 2.75) is 0 Å². The van der Waals surface area contributed by atoms with Crippen LogP contribution in [0.5, 0.6) is 0 Å². The molecule has 1 amide bonds. The van der Waals surface area contributed by atoms with Crippen molar-refractivity contribution in [3.8, 4) is 0 Å². The number of carbonyl (C=O) groups excluding carboxylic acids is 3. The predicted molar refractivity (Wildman–Crippen MR) is 75.0 cm³/mol. The Kier molecular flexibility index (Phi) is 4.92. The number of Topliss-reactive ketones (excluding diaryl/α,β-unsaturated/α-hetero) is 1. The lowest BCUT2D eigenvalue weighted by Gasteiger charge is -2.16. The summed E-state index contributed by atoms with van der Waals surface area (Å²) < 4.78 is 30.5. The molecule has 22 heavy (non-hydrogen) atoms. The van der Waals surface area contributed by atoms with Gasteiger partial charge in [0.1, 0.15) is 0 Å². The van der Waals surface area contributed by atoms with Gasteiger partial charge in [-0.3, -0.25) is 14.5 Å². The van der Waals surface area contributed by atoms with Crippen LogP contribution in [-0.4, -0.2) is 42.0 Å². The summed E-state index contributed by atoms with van der Waals surface area (Å²) in [5.41, 5.74) is -0.0546. The first-order chi connectivity index (χ1) is 10.4. The van der Waals surface area contributed by atoms with Crippen molar-refractivity contribution in [1.82, 2.24) is 4.90 Å². The number of ether oxygens (including phenoxy) is 1. The topological polar surface area (TPSA) is 63.7 Å². The van der Waals surface area contributed by atoms with E-state index in [1.807, 2.05) is 0 Å². The van der Waals surface area contributed by atoms with E-state index >= 15 is 0 Å². The van der Waals surface area contributed by atoms with Crippen LogP contribution < -0.4 is 0 Å². The molecule has 0 unspecified atom stereocenters. The zero-order valence-electron chi connectivity index (χ0n) is 11.5. The SMILES string of the molecule is COC(=O)C=C1SCC(=O)N1CC(=O)c1ccc(F)c(F)c1. The summed E-state index contributed by atoms with van der Waals surface area (Å²) >= 11 is 1.10. The molecule has 1 aliphatic heterocycles. The number of thioether (sulfide) groups is 1. The Labute approximate surface area is 128 Å². The molecule has 1 aliphatic rings. The van der Waals surface area contributed by atoms with Crippen molar-refractivity contribution < 1.29 is 27.9 Å². The van der Waals surface area contributed by atoms with Crippen molar-refractivity contribution in [3.63, 3.8) is 0 Å². The van der Waals surface area contributed by atoms with Crippen LogP contribution >= 0.6 is 11.8 Å². The molecule has 0 aliphatic carbocycles. The second-order valence-electron chi connectivity index (χ2n) is 4.33. The number of nitrogens with zero attached hydrogens (tertiary/aromatic N) is 1. The number of rotatable bonds is 4. The lowest BCUT2D eigenvalue weighted by atomic mass is 10.1. The highest BCUT2D eigenvalue weighted by atomic mass is 32.2. The van der Waals surface area contributed by atoms with Gasteiger partial charge in [-0.15, -0.1) is 0 Å². The molecule has 0 saturated carbocycles. The molecule has 116 valence electrons.